The van der Waals surface area contributed by atoms with Gasteiger partial charge in [0.05, 0.1) is 18.8 Å². The topological polar surface area (TPSA) is 175 Å². The Bertz CT molecular complexity index is 1210. The Kier molecular flexibility index (Phi) is 20.5. The first-order valence-electron chi connectivity index (χ1n) is 18.7. The number of benzene rings is 1. The van der Waals surface area contributed by atoms with Crippen LogP contribution in [0.4, 0.5) is 0 Å². The molecule has 15 nitrogen and oxygen atoms in total. The van der Waals surface area contributed by atoms with E-state index in [1.165, 1.54) is 14.2 Å². The normalized spacial score (nSPS) is 28.9. The van der Waals surface area contributed by atoms with Gasteiger partial charge in [0.15, 0.2) is 18.7 Å². The second kappa shape index (κ2) is 24.5. The van der Waals surface area contributed by atoms with Crippen molar-refractivity contribution >= 4 is 11.9 Å². The van der Waals surface area contributed by atoms with Crippen molar-refractivity contribution in [3.8, 4) is 0 Å². The maximum Gasteiger partial charge on any atom is 0.338 e. The number of unbranched alkanes of at least 4 members (excludes halogenated alkanes) is 4. The summed E-state index contributed by atoms with van der Waals surface area (Å²) >= 11 is 0. The summed E-state index contributed by atoms with van der Waals surface area (Å²) < 4.78 is 61.4. The summed E-state index contributed by atoms with van der Waals surface area (Å²) in [7, 11) is 2.70. The van der Waals surface area contributed by atoms with Crippen LogP contribution in [0.5, 0.6) is 0 Å². The zero-order valence-corrected chi connectivity index (χ0v) is 31.6. The molecule has 1 aromatic rings. The zero-order chi connectivity index (χ0) is 37.7. The molecule has 0 aromatic heterocycles. The number of carbonyl (C=O) groups excluding carboxylic acids is 2. The zero-order valence-electron chi connectivity index (χ0n) is 31.6. The van der Waals surface area contributed by atoms with Crippen LogP contribution < -0.4 is 0 Å². The average molecular weight is 738 g/mol. The van der Waals surface area contributed by atoms with Crippen molar-refractivity contribution in [2.45, 2.75) is 140 Å². The molecule has 0 spiro atoms. The van der Waals surface area contributed by atoms with Crippen LogP contribution in [0, 0.1) is 0 Å². The number of nitrogens with zero attached hydrogens (tertiary/aromatic N) is 3. The maximum atomic E-state index is 13.3. The molecular formula is C37H59N3O12. The van der Waals surface area contributed by atoms with Crippen molar-refractivity contribution in [2.75, 3.05) is 47.3 Å². The van der Waals surface area contributed by atoms with Crippen molar-refractivity contribution in [1.82, 2.24) is 0 Å². The van der Waals surface area contributed by atoms with Crippen LogP contribution in [0.15, 0.2) is 35.4 Å². The van der Waals surface area contributed by atoms with Crippen LogP contribution >= 0.6 is 0 Å². The quantitative estimate of drug-likeness (QED) is 0.0403. The Morgan fingerprint density at radius 1 is 0.731 bits per heavy atom. The first-order chi connectivity index (χ1) is 25.4. The highest BCUT2D eigenvalue weighted by Gasteiger charge is 2.55. The Hall–Kier alpha value is -2.85. The molecule has 52 heavy (non-hydrogen) atoms. The Morgan fingerprint density at radius 3 is 1.83 bits per heavy atom. The summed E-state index contributed by atoms with van der Waals surface area (Å²) in [4.78, 5) is 29.6. The second-order valence-corrected chi connectivity index (χ2v) is 12.7. The highest BCUT2D eigenvalue weighted by atomic mass is 16.8. The van der Waals surface area contributed by atoms with Crippen molar-refractivity contribution in [3.05, 3.63) is 46.3 Å². The highest BCUT2D eigenvalue weighted by molar-refractivity contribution is 5.89. The number of ether oxygens (including phenoxy) is 10. The highest BCUT2D eigenvalue weighted by Crippen LogP contribution is 2.35. The van der Waals surface area contributed by atoms with Crippen LogP contribution in [-0.4, -0.2) is 121 Å². The molecule has 0 N–H and O–H groups in total. The molecule has 2 heterocycles. The summed E-state index contributed by atoms with van der Waals surface area (Å²) in [6.07, 6.45) is -2.69. The first-order valence-corrected chi connectivity index (χ1v) is 18.7. The van der Waals surface area contributed by atoms with Gasteiger partial charge >= 0.3 is 11.9 Å². The lowest BCUT2D eigenvalue weighted by Crippen LogP contribution is -2.66. The van der Waals surface area contributed by atoms with Crippen molar-refractivity contribution in [2.24, 2.45) is 5.11 Å². The van der Waals surface area contributed by atoms with Gasteiger partial charge in [-0.3, -0.25) is 0 Å². The molecule has 4 unspecified atom stereocenters. The average Bonchev–Trinajstić information content (AvgIpc) is 3.16. The van der Waals surface area contributed by atoms with Crippen LogP contribution in [0.1, 0.15) is 89.4 Å². The van der Waals surface area contributed by atoms with E-state index in [1.54, 1.807) is 30.3 Å². The van der Waals surface area contributed by atoms with E-state index in [2.05, 4.69) is 10.0 Å². The van der Waals surface area contributed by atoms with Crippen molar-refractivity contribution in [3.63, 3.8) is 0 Å². The molecule has 1 aromatic carbocycles. The van der Waals surface area contributed by atoms with Gasteiger partial charge in [0, 0.05) is 38.4 Å². The molecule has 0 saturated carbocycles. The Balaban J connectivity index is 2.07. The molecule has 15 heteroatoms. The predicted octanol–water partition coefficient (Wildman–Crippen LogP) is 5.92. The summed E-state index contributed by atoms with van der Waals surface area (Å²) in [5, 5.41) is 4.11. The molecule has 2 aliphatic rings. The SMILES string of the molecule is CCCCOC1[C@H](O[C@H]2OC(COC(=O)c3ccccc3)[C@@H](OCCCC)[C@H](OCCCC)C2N=[N+]=[N-])C(C(=O)OC)O[C@@H](OC)[C@H]1OCCCC. The predicted molar refractivity (Wildman–Crippen MR) is 189 cm³/mol. The molecule has 2 aliphatic heterocycles. The standard InChI is InChI=1S/C37H59N3O12/c1-7-11-20-45-28-26(24-49-34(41)25-18-16-15-17-19-25)50-36(27(39-40-38)29(28)46-21-12-8-2)51-31-30(47-22-13-9-3)33(48-23-14-10-4)37(44-6)52-32(31)35(42)43-5/h15-19,26-33,36-37H,7-14,20-24H2,1-6H3/t26?,27?,28-,29-,30?,31+,32?,33+,36-,37-/m1/s1. The summed E-state index contributed by atoms with van der Waals surface area (Å²) in [5.74, 6) is -1.28. The Morgan fingerprint density at radius 2 is 1.29 bits per heavy atom. The van der Waals surface area contributed by atoms with E-state index in [4.69, 9.17) is 47.4 Å². The van der Waals surface area contributed by atoms with Crippen LogP contribution in [0.3, 0.4) is 0 Å². The lowest BCUT2D eigenvalue weighted by Gasteiger charge is -2.49. The van der Waals surface area contributed by atoms with Gasteiger partial charge in [-0.05, 0) is 43.3 Å². The number of hydrogen-bond acceptors (Lipinski definition) is 13. The van der Waals surface area contributed by atoms with E-state index in [1.807, 2.05) is 27.7 Å². The van der Waals surface area contributed by atoms with E-state index in [9.17, 15) is 15.1 Å². The monoisotopic (exact) mass is 737 g/mol. The molecule has 3 rings (SSSR count). The van der Waals surface area contributed by atoms with Gasteiger partial charge in [-0.25, -0.2) is 9.59 Å². The number of rotatable bonds is 24. The number of carbonyl (C=O) groups is 2. The third-order valence-corrected chi connectivity index (χ3v) is 8.87. The van der Waals surface area contributed by atoms with Gasteiger partial charge in [-0.15, -0.1) is 0 Å². The molecule has 0 bridgehead atoms. The van der Waals surface area contributed by atoms with E-state index in [-0.39, 0.29) is 6.61 Å². The Labute approximate surface area is 307 Å². The van der Waals surface area contributed by atoms with Crippen LogP contribution in [0.2, 0.25) is 0 Å². The molecule has 2 fully saturated rings. The fourth-order valence-electron chi connectivity index (χ4n) is 5.96. The minimum atomic E-state index is -1.34. The van der Waals surface area contributed by atoms with Crippen LogP contribution in [0.25, 0.3) is 10.4 Å². The van der Waals surface area contributed by atoms with Gasteiger partial charge in [0.2, 0.25) is 0 Å². The molecule has 0 aliphatic carbocycles. The molecule has 294 valence electrons. The first kappa shape index (κ1) is 43.6. The number of esters is 2. The van der Waals surface area contributed by atoms with E-state index >= 15 is 0 Å². The second-order valence-electron chi connectivity index (χ2n) is 12.7. The van der Waals surface area contributed by atoms with Gasteiger partial charge in [0.25, 0.3) is 0 Å². The van der Waals surface area contributed by atoms with E-state index in [0.29, 0.717) is 32.0 Å². The largest absolute Gasteiger partial charge is 0.467 e. The van der Waals surface area contributed by atoms with E-state index in [0.717, 1.165) is 51.4 Å². The lowest BCUT2D eigenvalue weighted by atomic mass is 9.95. The third-order valence-electron chi connectivity index (χ3n) is 8.87. The minimum Gasteiger partial charge on any atom is -0.467 e. The molecule has 0 radical (unpaired) electrons. The fraction of sp³-hybridized carbons (Fsp3) is 0.784. The molecule has 2 saturated heterocycles. The summed E-state index contributed by atoms with van der Waals surface area (Å²) in [5.41, 5.74) is 10.2. The minimum absolute atomic E-state index is 0.229. The fourth-order valence-corrected chi connectivity index (χ4v) is 5.96. The van der Waals surface area contributed by atoms with E-state index < -0.39 is 73.3 Å². The summed E-state index contributed by atoms with van der Waals surface area (Å²) in [6.45, 7) is 9.33. The van der Waals surface area contributed by atoms with Gasteiger partial charge in [-0.2, -0.15) is 0 Å². The maximum absolute atomic E-state index is 13.3. The molecular weight excluding hydrogens is 678 g/mol. The van der Waals surface area contributed by atoms with Gasteiger partial charge in [-0.1, -0.05) is 76.7 Å². The number of azide groups is 1. The number of methoxy groups -OCH3 is 2. The summed E-state index contributed by atoms with van der Waals surface area (Å²) in [6, 6.07) is 7.50. The van der Waals surface area contributed by atoms with Crippen molar-refractivity contribution < 1.29 is 57.0 Å². The van der Waals surface area contributed by atoms with Gasteiger partial charge < -0.3 is 47.4 Å². The van der Waals surface area contributed by atoms with Gasteiger partial charge in [0.1, 0.15) is 43.2 Å². The van der Waals surface area contributed by atoms with Crippen molar-refractivity contribution in [1.29, 1.82) is 0 Å². The lowest BCUT2D eigenvalue weighted by molar-refractivity contribution is -0.348. The number of hydrogen-bond donors (Lipinski definition) is 0. The molecule has 0 amide bonds. The third kappa shape index (κ3) is 12.6. The van der Waals surface area contributed by atoms with Crippen LogP contribution in [-0.2, 0) is 52.2 Å². The smallest absolute Gasteiger partial charge is 0.338 e. The molecule has 10 atom stereocenters.